The Labute approximate surface area is 114 Å². The summed E-state index contributed by atoms with van der Waals surface area (Å²) in [4.78, 5) is 4.54. The molecule has 0 radical (unpaired) electrons. The Kier molecular flexibility index (Phi) is 3.09. The van der Waals surface area contributed by atoms with E-state index in [9.17, 15) is 0 Å². The van der Waals surface area contributed by atoms with Crippen LogP contribution in [-0.2, 0) is 0 Å². The van der Waals surface area contributed by atoms with Crippen molar-refractivity contribution in [1.29, 1.82) is 0 Å². The molecule has 0 aliphatic carbocycles. The minimum absolute atomic E-state index is 0.720. The van der Waals surface area contributed by atoms with Crippen molar-refractivity contribution in [2.45, 2.75) is 0 Å². The highest BCUT2D eigenvalue weighted by atomic mass is 35.5. The quantitative estimate of drug-likeness (QED) is 0.685. The third-order valence-corrected chi connectivity index (χ3v) is 3.57. The van der Waals surface area contributed by atoms with Gasteiger partial charge in [-0.3, -0.25) is 0 Å². The van der Waals surface area contributed by atoms with Gasteiger partial charge in [0.05, 0.1) is 0 Å². The Balaban J connectivity index is 1.97. The highest BCUT2D eigenvalue weighted by Crippen LogP contribution is 2.26. The van der Waals surface area contributed by atoms with Crippen molar-refractivity contribution in [1.82, 2.24) is 9.36 Å². The number of benzene rings is 2. The van der Waals surface area contributed by atoms with Crippen molar-refractivity contribution < 1.29 is 0 Å². The molecule has 18 heavy (non-hydrogen) atoms. The second kappa shape index (κ2) is 4.88. The summed E-state index contributed by atoms with van der Waals surface area (Å²) in [6.07, 6.45) is 0. The van der Waals surface area contributed by atoms with E-state index in [1.165, 1.54) is 11.5 Å². The van der Waals surface area contributed by atoms with Crippen LogP contribution in [0.3, 0.4) is 0 Å². The van der Waals surface area contributed by atoms with Crippen LogP contribution in [0.4, 0.5) is 0 Å². The lowest BCUT2D eigenvalue weighted by atomic mass is 10.2. The molecular formula is C14H9ClN2S. The molecule has 88 valence electrons. The summed E-state index contributed by atoms with van der Waals surface area (Å²) in [5, 5.41) is 1.65. The number of nitrogens with zero attached hydrogens (tertiary/aromatic N) is 2. The summed E-state index contributed by atoms with van der Waals surface area (Å²) in [6.45, 7) is 0. The van der Waals surface area contributed by atoms with Gasteiger partial charge in [-0.25, -0.2) is 4.98 Å². The predicted octanol–water partition coefficient (Wildman–Crippen LogP) is 4.53. The molecule has 0 spiro atoms. The molecule has 3 aromatic rings. The Hall–Kier alpha value is -1.71. The maximum absolute atomic E-state index is 5.86. The average Bonchev–Trinajstić information content (AvgIpc) is 2.90. The van der Waals surface area contributed by atoms with Gasteiger partial charge in [0.2, 0.25) is 0 Å². The van der Waals surface area contributed by atoms with E-state index in [2.05, 4.69) is 9.36 Å². The zero-order valence-corrected chi connectivity index (χ0v) is 10.9. The summed E-state index contributed by atoms with van der Waals surface area (Å²) in [7, 11) is 0. The molecule has 0 aliphatic rings. The molecule has 3 rings (SSSR count). The van der Waals surface area contributed by atoms with Gasteiger partial charge in [-0.1, -0.05) is 41.9 Å². The van der Waals surface area contributed by atoms with E-state index in [0.717, 1.165) is 27.0 Å². The van der Waals surface area contributed by atoms with Crippen molar-refractivity contribution in [2.24, 2.45) is 0 Å². The zero-order chi connectivity index (χ0) is 12.4. The van der Waals surface area contributed by atoms with Crippen LogP contribution in [0.2, 0.25) is 5.02 Å². The molecule has 0 saturated heterocycles. The number of hydrogen-bond donors (Lipinski definition) is 0. The van der Waals surface area contributed by atoms with E-state index < -0.39 is 0 Å². The third kappa shape index (κ3) is 2.28. The van der Waals surface area contributed by atoms with Crippen LogP contribution in [0, 0.1) is 0 Å². The monoisotopic (exact) mass is 272 g/mol. The first-order valence-corrected chi connectivity index (χ1v) is 6.63. The molecule has 1 heterocycles. The first kappa shape index (κ1) is 11.4. The Morgan fingerprint density at radius 2 is 1.56 bits per heavy atom. The Morgan fingerprint density at radius 3 is 2.28 bits per heavy atom. The van der Waals surface area contributed by atoms with Gasteiger partial charge < -0.3 is 0 Å². The van der Waals surface area contributed by atoms with Gasteiger partial charge >= 0.3 is 0 Å². The fraction of sp³-hybridized carbons (Fsp3) is 0. The van der Waals surface area contributed by atoms with Crippen LogP contribution in [0.1, 0.15) is 0 Å². The maximum Gasteiger partial charge on any atom is 0.173 e. The van der Waals surface area contributed by atoms with Crippen molar-refractivity contribution in [3.8, 4) is 22.0 Å². The molecule has 0 amide bonds. The van der Waals surface area contributed by atoms with Crippen molar-refractivity contribution >= 4 is 23.1 Å². The van der Waals surface area contributed by atoms with E-state index in [1.54, 1.807) is 0 Å². The van der Waals surface area contributed by atoms with Gasteiger partial charge in [0.1, 0.15) is 5.01 Å². The second-order valence-electron chi connectivity index (χ2n) is 3.80. The topological polar surface area (TPSA) is 25.8 Å². The van der Waals surface area contributed by atoms with Gasteiger partial charge in [-0.05, 0) is 35.8 Å². The van der Waals surface area contributed by atoms with E-state index in [1.807, 2.05) is 54.6 Å². The average molecular weight is 273 g/mol. The standard InChI is InChI=1S/C14H9ClN2S/c15-12-8-6-10(7-9-12)13-16-14(18-17-13)11-4-2-1-3-5-11/h1-9H. The maximum atomic E-state index is 5.86. The SMILES string of the molecule is Clc1ccc(-c2nsc(-c3ccccc3)n2)cc1. The highest BCUT2D eigenvalue weighted by Gasteiger charge is 2.07. The summed E-state index contributed by atoms with van der Waals surface area (Å²) in [6, 6.07) is 17.6. The molecule has 0 unspecified atom stereocenters. The van der Waals surface area contributed by atoms with Crippen LogP contribution >= 0.6 is 23.1 Å². The van der Waals surface area contributed by atoms with Crippen molar-refractivity contribution in [3.05, 3.63) is 59.6 Å². The Bertz CT molecular complexity index is 647. The van der Waals surface area contributed by atoms with Gasteiger partial charge in [0.25, 0.3) is 0 Å². The molecule has 0 bridgehead atoms. The van der Waals surface area contributed by atoms with Gasteiger partial charge in [-0.15, -0.1) is 0 Å². The molecule has 0 fully saturated rings. The van der Waals surface area contributed by atoms with Crippen LogP contribution in [0.15, 0.2) is 54.6 Å². The second-order valence-corrected chi connectivity index (χ2v) is 4.98. The first-order chi connectivity index (χ1) is 8.83. The number of aromatic nitrogens is 2. The van der Waals surface area contributed by atoms with Crippen molar-refractivity contribution in [3.63, 3.8) is 0 Å². The molecule has 0 saturated carbocycles. The normalized spacial score (nSPS) is 10.5. The molecule has 4 heteroatoms. The van der Waals surface area contributed by atoms with Crippen LogP contribution in [0.5, 0.6) is 0 Å². The third-order valence-electron chi connectivity index (χ3n) is 2.55. The summed E-state index contributed by atoms with van der Waals surface area (Å²) < 4.78 is 4.38. The minimum Gasteiger partial charge on any atom is -0.215 e. The van der Waals surface area contributed by atoms with Crippen LogP contribution in [0.25, 0.3) is 22.0 Å². The van der Waals surface area contributed by atoms with Crippen LogP contribution in [-0.4, -0.2) is 9.36 Å². The summed E-state index contributed by atoms with van der Waals surface area (Å²) in [5.74, 6) is 0.746. The molecule has 0 aliphatic heterocycles. The fourth-order valence-corrected chi connectivity index (χ4v) is 2.45. The molecule has 2 aromatic carbocycles. The van der Waals surface area contributed by atoms with Gasteiger partial charge in [0.15, 0.2) is 5.82 Å². The lowest BCUT2D eigenvalue weighted by Gasteiger charge is -1.95. The Morgan fingerprint density at radius 1 is 0.833 bits per heavy atom. The first-order valence-electron chi connectivity index (χ1n) is 5.48. The molecule has 0 atom stereocenters. The largest absolute Gasteiger partial charge is 0.215 e. The number of rotatable bonds is 2. The molecule has 0 N–H and O–H groups in total. The van der Waals surface area contributed by atoms with Crippen molar-refractivity contribution in [2.75, 3.05) is 0 Å². The molecule has 2 nitrogen and oxygen atoms in total. The lowest BCUT2D eigenvalue weighted by Crippen LogP contribution is -1.80. The smallest absolute Gasteiger partial charge is 0.173 e. The van der Waals surface area contributed by atoms with E-state index >= 15 is 0 Å². The van der Waals surface area contributed by atoms with E-state index in [0.29, 0.717) is 0 Å². The van der Waals surface area contributed by atoms with Gasteiger partial charge in [-0.2, -0.15) is 4.37 Å². The molecule has 1 aromatic heterocycles. The van der Waals surface area contributed by atoms with Gasteiger partial charge in [0, 0.05) is 16.1 Å². The lowest BCUT2D eigenvalue weighted by molar-refractivity contribution is 1.32. The number of hydrogen-bond acceptors (Lipinski definition) is 3. The fourth-order valence-electron chi connectivity index (χ4n) is 1.64. The molecular weight excluding hydrogens is 264 g/mol. The predicted molar refractivity (Wildman–Crippen MR) is 75.8 cm³/mol. The minimum atomic E-state index is 0.720. The summed E-state index contributed by atoms with van der Waals surface area (Å²) >= 11 is 7.27. The van der Waals surface area contributed by atoms with E-state index in [-0.39, 0.29) is 0 Å². The van der Waals surface area contributed by atoms with E-state index in [4.69, 9.17) is 11.6 Å². The highest BCUT2D eigenvalue weighted by molar-refractivity contribution is 7.09. The summed E-state index contributed by atoms with van der Waals surface area (Å²) in [5.41, 5.74) is 2.08. The number of halogens is 1. The zero-order valence-electron chi connectivity index (χ0n) is 9.38. The van der Waals surface area contributed by atoms with Crippen LogP contribution < -0.4 is 0 Å².